The summed E-state index contributed by atoms with van der Waals surface area (Å²) < 4.78 is 1.43. The van der Waals surface area contributed by atoms with E-state index in [-0.39, 0.29) is 0 Å². The Hall–Kier alpha value is 0.620. The van der Waals surface area contributed by atoms with Crippen molar-refractivity contribution in [1.29, 1.82) is 0 Å². The van der Waals surface area contributed by atoms with Gasteiger partial charge in [-0.2, -0.15) is 0 Å². The van der Waals surface area contributed by atoms with Crippen LogP contribution in [0, 0.1) is 0 Å². The van der Waals surface area contributed by atoms with E-state index >= 15 is 0 Å². The lowest BCUT2D eigenvalue weighted by atomic mass is 10.3. The Morgan fingerprint density at radius 3 is 2.10 bits per heavy atom. The van der Waals surface area contributed by atoms with Gasteiger partial charge in [0.2, 0.25) is 0 Å². The lowest BCUT2D eigenvalue weighted by molar-refractivity contribution is 1.82. The Balaban J connectivity index is 2.26. The summed E-state index contributed by atoms with van der Waals surface area (Å²) in [4.78, 5) is 0. The number of allylic oxidation sites excluding steroid dienone is 5. The van der Waals surface area contributed by atoms with E-state index in [9.17, 15) is 0 Å². The lowest BCUT2D eigenvalue weighted by Gasteiger charge is -1.92. The minimum Gasteiger partial charge on any atom is -0.0616 e. The first kappa shape index (κ1) is 7.28. The summed E-state index contributed by atoms with van der Waals surface area (Å²) in [5.41, 5.74) is 1.37. The largest absolute Gasteiger partial charge is 0.0708 e. The highest BCUT2D eigenvalue weighted by molar-refractivity contribution is 9.32. The molecule has 52 valence electrons. The topological polar surface area (TPSA) is 0 Å². The maximum atomic E-state index is 2.15. The Bertz CT molecular complexity index is 204. The SMILES string of the molecule is C1=CC(=C2SSSS2)C=C1. The van der Waals surface area contributed by atoms with E-state index in [4.69, 9.17) is 0 Å². The molecule has 2 rings (SSSR count). The van der Waals surface area contributed by atoms with Gasteiger partial charge in [0.1, 0.15) is 0 Å². The van der Waals surface area contributed by atoms with Crippen molar-refractivity contribution in [3.8, 4) is 0 Å². The second kappa shape index (κ2) is 3.34. The summed E-state index contributed by atoms with van der Waals surface area (Å²) >= 11 is 0. The Labute approximate surface area is 75.2 Å². The van der Waals surface area contributed by atoms with E-state index < -0.39 is 0 Å². The summed E-state index contributed by atoms with van der Waals surface area (Å²) in [5, 5.41) is 0. The molecule has 0 spiro atoms. The maximum Gasteiger partial charge on any atom is 0.0708 e. The molecule has 0 aromatic heterocycles. The maximum absolute atomic E-state index is 2.15. The minimum atomic E-state index is 1.37. The standard InChI is InChI=1S/C6H4S4/c1-2-4-5(3-1)6-7-9-10-8-6/h1-4H. The second-order valence-corrected chi connectivity index (χ2v) is 7.71. The zero-order valence-electron chi connectivity index (χ0n) is 4.94. The van der Waals surface area contributed by atoms with Crippen molar-refractivity contribution >= 4 is 41.2 Å². The van der Waals surface area contributed by atoms with Crippen molar-refractivity contribution in [2.24, 2.45) is 0 Å². The summed E-state index contributed by atoms with van der Waals surface area (Å²) in [6.07, 6.45) is 8.47. The van der Waals surface area contributed by atoms with Gasteiger partial charge in [-0.1, -0.05) is 24.3 Å². The molecule has 1 heterocycles. The third-order valence-electron chi connectivity index (χ3n) is 1.15. The molecule has 0 amide bonds. The van der Waals surface area contributed by atoms with Crippen LogP contribution >= 0.6 is 41.2 Å². The van der Waals surface area contributed by atoms with E-state index in [1.54, 1.807) is 0 Å². The first-order chi connectivity index (χ1) is 4.97. The predicted molar refractivity (Wildman–Crippen MR) is 55.7 cm³/mol. The summed E-state index contributed by atoms with van der Waals surface area (Å²) in [7, 11) is 7.40. The first-order valence-corrected chi connectivity index (χ1v) is 7.55. The monoisotopic (exact) mass is 204 g/mol. The highest BCUT2D eigenvalue weighted by atomic mass is 33.7. The van der Waals surface area contributed by atoms with Gasteiger partial charge in [-0.15, -0.1) is 0 Å². The second-order valence-electron chi connectivity index (χ2n) is 1.76. The van der Waals surface area contributed by atoms with Gasteiger partial charge in [-0.25, -0.2) is 0 Å². The third kappa shape index (κ3) is 1.44. The van der Waals surface area contributed by atoms with E-state index in [2.05, 4.69) is 24.3 Å². The molecule has 2 aliphatic rings. The van der Waals surface area contributed by atoms with Crippen LogP contribution in [0.2, 0.25) is 0 Å². The van der Waals surface area contributed by atoms with Gasteiger partial charge in [-0.05, 0) is 46.8 Å². The van der Waals surface area contributed by atoms with Gasteiger partial charge in [0.25, 0.3) is 0 Å². The molecule has 0 radical (unpaired) electrons. The first-order valence-electron chi connectivity index (χ1n) is 2.74. The van der Waals surface area contributed by atoms with Crippen LogP contribution < -0.4 is 0 Å². The smallest absolute Gasteiger partial charge is 0.0616 e. The third-order valence-corrected chi connectivity index (χ3v) is 8.04. The predicted octanol–water partition coefficient (Wildman–Crippen LogP) is 4.02. The fraction of sp³-hybridized carbons (Fsp3) is 0. The minimum absolute atomic E-state index is 1.37. The molecule has 0 aromatic rings. The fourth-order valence-corrected chi connectivity index (χ4v) is 8.19. The van der Waals surface area contributed by atoms with Gasteiger partial charge in [0, 0.05) is 0 Å². The molecule has 0 nitrogen and oxygen atoms in total. The van der Waals surface area contributed by atoms with Crippen LogP contribution in [0.1, 0.15) is 0 Å². The number of hydrogen-bond donors (Lipinski definition) is 0. The van der Waals surface area contributed by atoms with Crippen molar-refractivity contribution in [1.82, 2.24) is 0 Å². The summed E-state index contributed by atoms with van der Waals surface area (Å²) in [6.45, 7) is 0. The van der Waals surface area contributed by atoms with Gasteiger partial charge >= 0.3 is 0 Å². The van der Waals surface area contributed by atoms with Crippen LogP contribution in [0.15, 0.2) is 34.1 Å². The van der Waals surface area contributed by atoms with Crippen molar-refractivity contribution in [2.45, 2.75) is 0 Å². The summed E-state index contributed by atoms with van der Waals surface area (Å²) in [6, 6.07) is 0. The molecule has 1 aliphatic heterocycles. The lowest BCUT2D eigenvalue weighted by Crippen LogP contribution is -1.66. The molecule has 4 heteroatoms. The highest BCUT2D eigenvalue weighted by Crippen LogP contribution is 2.62. The molecule has 0 aromatic carbocycles. The van der Waals surface area contributed by atoms with Crippen LogP contribution in [0.25, 0.3) is 0 Å². The average molecular weight is 204 g/mol. The molecule has 1 saturated heterocycles. The van der Waals surface area contributed by atoms with E-state index in [1.807, 2.05) is 41.2 Å². The van der Waals surface area contributed by atoms with Crippen LogP contribution in [0.3, 0.4) is 0 Å². The fourth-order valence-electron chi connectivity index (χ4n) is 0.710. The molecule has 1 fully saturated rings. The molecule has 0 atom stereocenters. The zero-order chi connectivity index (χ0) is 6.81. The molecule has 1 aliphatic carbocycles. The van der Waals surface area contributed by atoms with Gasteiger partial charge in [0.15, 0.2) is 0 Å². The van der Waals surface area contributed by atoms with E-state index in [0.717, 1.165) is 0 Å². The van der Waals surface area contributed by atoms with Crippen molar-refractivity contribution in [3.05, 3.63) is 34.1 Å². The van der Waals surface area contributed by atoms with Gasteiger partial charge < -0.3 is 0 Å². The van der Waals surface area contributed by atoms with E-state index in [1.165, 1.54) is 9.81 Å². The average Bonchev–Trinajstić information content (AvgIpc) is 2.59. The quantitative estimate of drug-likeness (QED) is 0.546. The van der Waals surface area contributed by atoms with Crippen molar-refractivity contribution < 1.29 is 0 Å². The van der Waals surface area contributed by atoms with E-state index in [0.29, 0.717) is 0 Å². The number of rotatable bonds is 0. The molecule has 0 unspecified atom stereocenters. The Morgan fingerprint density at radius 2 is 1.50 bits per heavy atom. The van der Waals surface area contributed by atoms with Crippen molar-refractivity contribution in [2.75, 3.05) is 0 Å². The van der Waals surface area contributed by atoms with Crippen molar-refractivity contribution in [3.63, 3.8) is 0 Å². The molecule has 0 saturated carbocycles. The molecule has 10 heavy (non-hydrogen) atoms. The molecule has 0 bridgehead atoms. The Morgan fingerprint density at radius 1 is 0.900 bits per heavy atom. The molecular weight excluding hydrogens is 200 g/mol. The van der Waals surface area contributed by atoms with Crippen LogP contribution in [-0.4, -0.2) is 0 Å². The van der Waals surface area contributed by atoms with Crippen LogP contribution in [0.5, 0.6) is 0 Å². The number of hydrogen-bond acceptors (Lipinski definition) is 4. The summed E-state index contributed by atoms with van der Waals surface area (Å²) in [5.74, 6) is 0. The van der Waals surface area contributed by atoms with Gasteiger partial charge in [0.05, 0.1) is 4.24 Å². The van der Waals surface area contributed by atoms with Crippen LogP contribution in [0.4, 0.5) is 0 Å². The van der Waals surface area contributed by atoms with Gasteiger partial charge in [-0.3, -0.25) is 0 Å². The highest BCUT2D eigenvalue weighted by Gasteiger charge is 2.13. The molecule has 0 N–H and O–H groups in total. The normalized spacial score (nSPS) is 23.2. The zero-order valence-corrected chi connectivity index (χ0v) is 8.21. The molecular formula is C6H4S4. The Kier molecular flexibility index (Phi) is 2.43. The van der Waals surface area contributed by atoms with Crippen LogP contribution in [-0.2, 0) is 0 Å².